The van der Waals surface area contributed by atoms with Gasteiger partial charge >= 0.3 is 6.09 Å². The van der Waals surface area contributed by atoms with Crippen LogP contribution in [0.5, 0.6) is 5.75 Å². The topological polar surface area (TPSA) is 89.9 Å². The molecule has 1 aromatic heterocycles. The smallest absolute Gasteiger partial charge is 0.409 e. The summed E-state index contributed by atoms with van der Waals surface area (Å²) in [5.74, 6) is 0.204. The molecular formula is C20H25N3O5. The summed E-state index contributed by atoms with van der Waals surface area (Å²) < 4.78 is 11.7. The third-order valence-electron chi connectivity index (χ3n) is 4.95. The van der Waals surface area contributed by atoms with E-state index in [-0.39, 0.29) is 23.9 Å². The molecule has 0 saturated carbocycles. The molecule has 150 valence electrons. The number of carbonyl (C=O) groups is 3. The highest BCUT2D eigenvalue weighted by atomic mass is 16.6. The number of hydrogen-bond acceptors (Lipinski definition) is 5. The lowest BCUT2D eigenvalue weighted by atomic mass is 10.0. The zero-order valence-corrected chi connectivity index (χ0v) is 16.4. The van der Waals surface area contributed by atoms with E-state index in [1.54, 1.807) is 43.3 Å². The molecule has 2 heterocycles. The number of rotatable bonds is 4. The Hall–Kier alpha value is -3.03. The molecule has 0 bridgehead atoms. The second-order valence-electron chi connectivity index (χ2n) is 6.75. The number of amides is 2. The van der Waals surface area contributed by atoms with Crippen LogP contribution in [0.15, 0.2) is 24.4 Å². The third kappa shape index (κ3) is 3.95. The summed E-state index contributed by atoms with van der Waals surface area (Å²) in [5, 5.41) is 3.69. The van der Waals surface area contributed by atoms with Gasteiger partial charge in [0.25, 0.3) is 5.91 Å². The van der Waals surface area contributed by atoms with Gasteiger partial charge < -0.3 is 19.7 Å². The van der Waals surface area contributed by atoms with Crippen LogP contribution in [0.2, 0.25) is 0 Å². The lowest BCUT2D eigenvalue weighted by Gasteiger charge is -2.31. The first-order chi connectivity index (χ1) is 13.4. The first-order valence-electron chi connectivity index (χ1n) is 9.37. The van der Waals surface area contributed by atoms with E-state index in [1.165, 1.54) is 11.5 Å². The molecule has 1 saturated heterocycles. The van der Waals surface area contributed by atoms with Crippen molar-refractivity contribution in [1.82, 2.24) is 14.8 Å². The van der Waals surface area contributed by atoms with Gasteiger partial charge in [0.15, 0.2) is 0 Å². The van der Waals surface area contributed by atoms with E-state index in [4.69, 9.17) is 9.47 Å². The van der Waals surface area contributed by atoms with E-state index in [1.807, 2.05) is 0 Å². The fraction of sp³-hybridized carbons (Fsp3) is 0.450. The summed E-state index contributed by atoms with van der Waals surface area (Å²) in [4.78, 5) is 38.3. The molecule has 0 aliphatic carbocycles. The van der Waals surface area contributed by atoms with Crippen molar-refractivity contribution in [2.75, 3.05) is 26.8 Å². The number of ether oxygens (including phenoxy) is 2. The van der Waals surface area contributed by atoms with Crippen LogP contribution in [-0.2, 0) is 4.74 Å². The van der Waals surface area contributed by atoms with Crippen molar-refractivity contribution in [3.8, 4) is 5.75 Å². The summed E-state index contributed by atoms with van der Waals surface area (Å²) in [6.45, 7) is 4.65. The first kappa shape index (κ1) is 19.7. The molecule has 0 spiro atoms. The molecule has 1 aliphatic heterocycles. The number of aromatic nitrogens is 1. The molecular weight excluding hydrogens is 362 g/mol. The number of likely N-dealkylation sites (tertiary alicyclic amines) is 1. The van der Waals surface area contributed by atoms with Crippen molar-refractivity contribution in [3.63, 3.8) is 0 Å². The van der Waals surface area contributed by atoms with Crippen LogP contribution in [0.25, 0.3) is 10.9 Å². The highest BCUT2D eigenvalue weighted by molar-refractivity contribution is 6.09. The van der Waals surface area contributed by atoms with Crippen LogP contribution in [0.1, 0.15) is 41.8 Å². The molecule has 0 atom stereocenters. The van der Waals surface area contributed by atoms with Crippen molar-refractivity contribution in [1.29, 1.82) is 0 Å². The predicted molar refractivity (Wildman–Crippen MR) is 104 cm³/mol. The van der Waals surface area contributed by atoms with Gasteiger partial charge in [-0.2, -0.15) is 0 Å². The second kappa shape index (κ2) is 8.33. The van der Waals surface area contributed by atoms with Crippen molar-refractivity contribution in [2.45, 2.75) is 32.7 Å². The number of benzene rings is 1. The molecule has 1 aliphatic rings. The molecule has 2 aromatic rings. The normalized spacial score (nSPS) is 14.8. The average Bonchev–Trinajstić information content (AvgIpc) is 3.07. The monoisotopic (exact) mass is 387 g/mol. The summed E-state index contributed by atoms with van der Waals surface area (Å²) in [7, 11) is 1.56. The zero-order valence-electron chi connectivity index (χ0n) is 16.4. The van der Waals surface area contributed by atoms with Gasteiger partial charge in [0, 0.05) is 37.6 Å². The van der Waals surface area contributed by atoms with Crippen LogP contribution in [0.3, 0.4) is 0 Å². The predicted octanol–water partition coefficient (Wildman–Crippen LogP) is 2.66. The Kier molecular flexibility index (Phi) is 5.87. The minimum absolute atomic E-state index is 0.0421. The van der Waals surface area contributed by atoms with Crippen molar-refractivity contribution >= 4 is 28.8 Å². The van der Waals surface area contributed by atoms with Gasteiger partial charge in [-0.25, -0.2) is 4.79 Å². The summed E-state index contributed by atoms with van der Waals surface area (Å²) in [6, 6.07) is 5.24. The highest BCUT2D eigenvalue weighted by Crippen LogP contribution is 2.26. The maximum Gasteiger partial charge on any atom is 0.409 e. The molecule has 1 aromatic carbocycles. The molecule has 1 fully saturated rings. The van der Waals surface area contributed by atoms with Crippen molar-refractivity contribution in [2.24, 2.45) is 0 Å². The Morgan fingerprint density at radius 3 is 2.54 bits per heavy atom. The van der Waals surface area contributed by atoms with E-state index >= 15 is 0 Å². The van der Waals surface area contributed by atoms with Crippen molar-refractivity contribution in [3.05, 3.63) is 30.0 Å². The molecule has 8 heteroatoms. The minimum atomic E-state index is -0.316. The van der Waals surface area contributed by atoms with Gasteiger partial charge in [-0.05, 0) is 38.0 Å². The van der Waals surface area contributed by atoms with E-state index in [0.29, 0.717) is 54.8 Å². The van der Waals surface area contributed by atoms with Gasteiger partial charge in [0.2, 0.25) is 5.91 Å². The number of nitrogens with zero attached hydrogens (tertiary/aromatic N) is 2. The van der Waals surface area contributed by atoms with Gasteiger partial charge in [-0.15, -0.1) is 0 Å². The zero-order chi connectivity index (χ0) is 20.3. The Labute approximate surface area is 163 Å². The van der Waals surface area contributed by atoms with Gasteiger partial charge in [0.05, 0.1) is 24.8 Å². The van der Waals surface area contributed by atoms with Crippen LogP contribution in [0, 0.1) is 0 Å². The van der Waals surface area contributed by atoms with E-state index in [0.717, 1.165) is 0 Å². The Bertz CT molecular complexity index is 897. The second-order valence-corrected chi connectivity index (χ2v) is 6.75. The van der Waals surface area contributed by atoms with E-state index in [2.05, 4.69) is 5.32 Å². The molecule has 2 amide bonds. The van der Waals surface area contributed by atoms with Crippen LogP contribution >= 0.6 is 0 Å². The number of hydrogen-bond donors (Lipinski definition) is 1. The van der Waals surface area contributed by atoms with Gasteiger partial charge in [-0.3, -0.25) is 14.2 Å². The lowest BCUT2D eigenvalue weighted by Crippen LogP contribution is -2.46. The number of piperidine rings is 1. The molecule has 0 radical (unpaired) electrons. The quantitative estimate of drug-likeness (QED) is 0.871. The van der Waals surface area contributed by atoms with Crippen LogP contribution < -0.4 is 10.1 Å². The number of methoxy groups -OCH3 is 1. The van der Waals surface area contributed by atoms with Crippen LogP contribution in [-0.4, -0.2) is 60.2 Å². The molecule has 28 heavy (non-hydrogen) atoms. The molecule has 0 unspecified atom stereocenters. The Morgan fingerprint density at radius 2 is 1.93 bits per heavy atom. The number of fused-ring (bicyclic) bond motifs is 1. The maximum atomic E-state index is 12.9. The number of carbonyl (C=O) groups excluding carboxylic acids is 3. The molecule has 3 rings (SSSR count). The summed E-state index contributed by atoms with van der Waals surface area (Å²) in [6.07, 6.45) is 2.55. The lowest BCUT2D eigenvalue weighted by molar-refractivity contribution is 0.0861. The Morgan fingerprint density at radius 1 is 1.21 bits per heavy atom. The number of nitrogens with one attached hydrogen (secondary N) is 1. The van der Waals surface area contributed by atoms with Crippen molar-refractivity contribution < 1.29 is 23.9 Å². The maximum absolute atomic E-state index is 12.9. The van der Waals surface area contributed by atoms with E-state index in [9.17, 15) is 14.4 Å². The highest BCUT2D eigenvalue weighted by Gasteiger charge is 2.26. The Balaban J connectivity index is 1.75. The minimum Gasteiger partial charge on any atom is -0.497 e. The third-order valence-corrected chi connectivity index (χ3v) is 4.95. The largest absolute Gasteiger partial charge is 0.497 e. The first-order valence-corrected chi connectivity index (χ1v) is 9.37. The van der Waals surface area contributed by atoms with Gasteiger partial charge in [0.1, 0.15) is 5.75 Å². The van der Waals surface area contributed by atoms with E-state index < -0.39 is 0 Å². The fourth-order valence-electron chi connectivity index (χ4n) is 3.46. The molecule has 8 nitrogen and oxygen atoms in total. The SMILES string of the molecule is CCOC(=O)N1CCC(NC(=O)c2cn(C(C)=O)c3ccc(OC)cc23)CC1. The fourth-order valence-corrected chi connectivity index (χ4v) is 3.46. The van der Waals surface area contributed by atoms with Gasteiger partial charge in [-0.1, -0.05) is 0 Å². The summed E-state index contributed by atoms with van der Waals surface area (Å²) in [5.41, 5.74) is 1.09. The molecule has 1 N–H and O–H groups in total. The van der Waals surface area contributed by atoms with Crippen LogP contribution in [0.4, 0.5) is 4.79 Å². The summed E-state index contributed by atoms with van der Waals surface area (Å²) >= 11 is 0. The average molecular weight is 387 g/mol. The standard InChI is InChI=1S/C20H25N3O5/c1-4-28-20(26)22-9-7-14(8-10-22)21-19(25)17-12-23(13(2)24)18-6-5-15(27-3)11-16(17)18/h5-6,11-12,14H,4,7-10H2,1-3H3,(H,21,25).